The van der Waals surface area contributed by atoms with E-state index in [0.717, 1.165) is 37.2 Å². The third kappa shape index (κ3) is 1.94. The molecule has 0 saturated heterocycles. The van der Waals surface area contributed by atoms with Gasteiger partial charge in [-0.3, -0.25) is 0 Å². The van der Waals surface area contributed by atoms with Crippen LogP contribution in [0.5, 0.6) is 0 Å². The number of nitrogen functional groups attached to an aromatic ring is 2. The van der Waals surface area contributed by atoms with Crippen molar-refractivity contribution in [2.75, 3.05) is 11.6 Å². The zero-order valence-corrected chi connectivity index (χ0v) is 8.38. The Hall–Kier alpha value is -1.19. The first kappa shape index (κ1) is 9.89. The van der Waals surface area contributed by atoms with Crippen molar-refractivity contribution in [2.24, 2.45) is 0 Å². The van der Waals surface area contributed by atoms with Crippen molar-refractivity contribution in [3.8, 4) is 0 Å². The van der Waals surface area contributed by atoms with Crippen LogP contribution in [0.4, 0.5) is 5.82 Å². The zero-order chi connectivity index (χ0) is 9.84. The van der Waals surface area contributed by atoms with Crippen molar-refractivity contribution >= 4 is 5.82 Å². The van der Waals surface area contributed by atoms with E-state index in [1.807, 2.05) is 0 Å². The van der Waals surface area contributed by atoms with Gasteiger partial charge in [-0.05, 0) is 12.8 Å². The number of anilines is 1. The van der Waals surface area contributed by atoms with Gasteiger partial charge < -0.3 is 11.6 Å². The highest BCUT2D eigenvalue weighted by atomic mass is 15.4. The molecule has 4 N–H and O–H groups in total. The molecule has 0 aliphatic rings. The van der Waals surface area contributed by atoms with Gasteiger partial charge in [-0.2, -0.15) is 0 Å². The number of nitrogens with zero attached hydrogens (tertiary/aromatic N) is 2. The number of imidazole rings is 1. The van der Waals surface area contributed by atoms with Gasteiger partial charge in [-0.1, -0.05) is 20.3 Å². The SMILES string of the molecule is CCCc1nc(CCC)n(N)c1N. The number of aromatic nitrogens is 2. The Morgan fingerprint density at radius 2 is 1.85 bits per heavy atom. The Morgan fingerprint density at radius 3 is 2.38 bits per heavy atom. The molecule has 0 fully saturated rings. The van der Waals surface area contributed by atoms with Gasteiger partial charge in [0.25, 0.3) is 0 Å². The zero-order valence-electron chi connectivity index (χ0n) is 8.38. The Bertz CT molecular complexity index is 251. The first-order valence-corrected chi connectivity index (χ1v) is 4.81. The lowest BCUT2D eigenvalue weighted by atomic mass is 10.2. The van der Waals surface area contributed by atoms with Gasteiger partial charge >= 0.3 is 0 Å². The first-order chi connectivity index (χ1) is 6.20. The Kier molecular flexibility index (Phi) is 3.17. The normalized spacial score (nSPS) is 10.6. The van der Waals surface area contributed by atoms with E-state index in [1.165, 1.54) is 4.68 Å². The summed E-state index contributed by atoms with van der Waals surface area (Å²) in [5.74, 6) is 7.26. The van der Waals surface area contributed by atoms with Gasteiger partial charge in [-0.25, -0.2) is 9.66 Å². The minimum absolute atomic E-state index is 0.616. The van der Waals surface area contributed by atoms with Crippen molar-refractivity contribution in [2.45, 2.75) is 39.5 Å². The van der Waals surface area contributed by atoms with E-state index >= 15 is 0 Å². The molecule has 0 aliphatic heterocycles. The number of hydrogen-bond acceptors (Lipinski definition) is 3. The molecule has 0 amide bonds. The van der Waals surface area contributed by atoms with Crippen LogP contribution in [0.1, 0.15) is 38.2 Å². The summed E-state index contributed by atoms with van der Waals surface area (Å²) in [6.07, 6.45) is 3.89. The number of rotatable bonds is 4. The molecule has 1 heterocycles. The van der Waals surface area contributed by atoms with E-state index in [2.05, 4.69) is 18.8 Å². The summed E-state index contributed by atoms with van der Waals surface area (Å²) in [7, 11) is 0. The molecule has 0 saturated carbocycles. The van der Waals surface area contributed by atoms with Crippen molar-refractivity contribution in [1.82, 2.24) is 9.66 Å². The monoisotopic (exact) mass is 182 g/mol. The summed E-state index contributed by atoms with van der Waals surface area (Å²) in [6, 6.07) is 0. The van der Waals surface area contributed by atoms with Crippen LogP contribution in [0.3, 0.4) is 0 Å². The number of hydrogen-bond donors (Lipinski definition) is 2. The largest absolute Gasteiger partial charge is 0.382 e. The average Bonchev–Trinajstić information content (AvgIpc) is 2.36. The summed E-state index contributed by atoms with van der Waals surface area (Å²) in [5, 5.41) is 0. The first-order valence-electron chi connectivity index (χ1n) is 4.81. The maximum Gasteiger partial charge on any atom is 0.145 e. The van der Waals surface area contributed by atoms with E-state index in [4.69, 9.17) is 11.6 Å². The smallest absolute Gasteiger partial charge is 0.145 e. The Labute approximate surface area is 78.9 Å². The van der Waals surface area contributed by atoms with Crippen LogP contribution in [0.15, 0.2) is 0 Å². The Balaban J connectivity index is 2.90. The number of aryl methyl sites for hydroxylation is 2. The second kappa shape index (κ2) is 4.16. The van der Waals surface area contributed by atoms with E-state index in [0.29, 0.717) is 5.82 Å². The van der Waals surface area contributed by atoms with Gasteiger partial charge in [0.15, 0.2) is 0 Å². The molecule has 0 bridgehead atoms. The molecule has 0 spiro atoms. The topological polar surface area (TPSA) is 69.9 Å². The summed E-state index contributed by atoms with van der Waals surface area (Å²) in [6.45, 7) is 4.21. The third-order valence-electron chi connectivity index (χ3n) is 2.06. The standard InChI is InChI=1S/C9H18N4/c1-3-5-7-9(10)13(11)8(12-7)6-4-2/h3-6,10-11H2,1-2H3. The maximum atomic E-state index is 5.80. The second-order valence-electron chi connectivity index (χ2n) is 3.23. The average molecular weight is 182 g/mol. The van der Waals surface area contributed by atoms with Gasteiger partial charge in [0, 0.05) is 6.42 Å². The molecule has 4 heteroatoms. The minimum Gasteiger partial charge on any atom is -0.382 e. The summed E-state index contributed by atoms with van der Waals surface area (Å²) >= 11 is 0. The van der Waals surface area contributed by atoms with Crippen molar-refractivity contribution < 1.29 is 0 Å². The highest BCUT2D eigenvalue weighted by molar-refractivity contribution is 5.38. The predicted octanol–water partition coefficient (Wildman–Crippen LogP) is 1.08. The van der Waals surface area contributed by atoms with Crippen molar-refractivity contribution in [1.29, 1.82) is 0 Å². The summed E-state index contributed by atoms with van der Waals surface area (Å²) in [4.78, 5) is 4.40. The molecular weight excluding hydrogens is 164 g/mol. The Morgan fingerprint density at radius 1 is 1.23 bits per heavy atom. The highest BCUT2D eigenvalue weighted by Gasteiger charge is 2.10. The molecule has 1 rings (SSSR count). The fraction of sp³-hybridized carbons (Fsp3) is 0.667. The quantitative estimate of drug-likeness (QED) is 0.685. The lowest BCUT2D eigenvalue weighted by Gasteiger charge is -1.99. The van der Waals surface area contributed by atoms with Crippen LogP contribution in [-0.2, 0) is 12.8 Å². The van der Waals surface area contributed by atoms with Gasteiger partial charge in [0.1, 0.15) is 11.6 Å². The number of nitrogens with two attached hydrogens (primary N) is 2. The van der Waals surface area contributed by atoms with E-state index in [-0.39, 0.29) is 0 Å². The highest BCUT2D eigenvalue weighted by Crippen LogP contribution is 2.14. The van der Waals surface area contributed by atoms with Crippen molar-refractivity contribution in [3.63, 3.8) is 0 Å². The predicted molar refractivity (Wildman–Crippen MR) is 54.8 cm³/mol. The van der Waals surface area contributed by atoms with Crippen LogP contribution >= 0.6 is 0 Å². The lowest BCUT2D eigenvalue weighted by Crippen LogP contribution is -2.15. The molecule has 1 aromatic heterocycles. The molecule has 0 aromatic carbocycles. The van der Waals surface area contributed by atoms with E-state index in [9.17, 15) is 0 Å². The lowest BCUT2D eigenvalue weighted by molar-refractivity contribution is 0.789. The summed E-state index contributed by atoms with van der Waals surface area (Å²) in [5.41, 5.74) is 6.73. The molecular formula is C9H18N4. The van der Waals surface area contributed by atoms with Crippen LogP contribution in [0.2, 0.25) is 0 Å². The summed E-state index contributed by atoms with van der Waals surface area (Å²) < 4.78 is 1.51. The van der Waals surface area contributed by atoms with Crippen molar-refractivity contribution in [3.05, 3.63) is 11.5 Å². The van der Waals surface area contributed by atoms with Gasteiger partial charge in [-0.15, -0.1) is 0 Å². The van der Waals surface area contributed by atoms with Crippen LogP contribution in [-0.4, -0.2) is 9.66 Å². The second-order valence-corrected chi connectivity index (χ2v) is 3.23. The molecule has 0 atom stereocenters. The van der Waals surface area contributed by atoms with Crippen LogP contribution in [0, 0.1) is 0 Å². The molecule has 74 valence electrons. The fourth-order valence-corrected chi connectivity index (χ4v) is 1.37. The molecule has 0 unspecified atom stereocenters. The molecule has 0 aliphatic carbocycles. The minimum atomic E-state index is 0.616. The molecule has 4 nitrogen and oxygen atoms in total. The van der Waals surface area contributed by atoms with E-state index < -0.39 is 0 Å². The van der Waals surface area contributed by atoms with E-state index in [1.54, 1.807) is 0 Å². The molecule has 13 heavy (non-hydrogen) atoms. The molecule has 0 radical (unpaired) electrons. The fourth-order valence-electron chi connectivity index (χ4n) is 1.37. The molecule has 1 aromatic rings. The van der Waals surface area contributed by atoms with Crippen LogP contribution in [0.25, 0.3) is 0 Å². The van der Waals surface area contributed by atoms with Crippen LogP contribution < -0.4 is 11.6 Å². The van der Waals surface area contributed by atoms with Gasteiger partial charge in [0.2, 0.25) is 0 Å². The van der Waals surface area contributed by atoms with Gasteiger partial charge in [0.05, 0.1) is 5.69 Å². The third-order valence-corrected chi connectivity index (χ3v) is 2.06. The maximum absolute atomic E-state index is 5.80.